The average Bonchev–Trinajstić information content (AvgIpc) is 2.15. The third kappa shape index (κ3) is 3.13. The highest BCUT2D eigenvalue weighted by Crippen LogP contribution is 2.49. The van der Waals surface area contributed by atoms with E-state index in [1.807, 2.05) is 0 Å². The highest BCUT2D eigenvalue weighted by Gasteiger charge is 2.32. The second-order valence-electron chi connectivity index (χ2n) is 1.68. The minimum absolute atomic E-state index is 0.216. The van der Waals surface area contributed by atoms with Crippen LogP contribution in [0.3, 0.4) is 0 Å². The molecule has 0 aromatic rings. The average molecular weight is 166 g/mol. The van der Waals surface area contributed by atoms with Crippen molar-refractivity contribution in [3.8, 4) is 0 Å². The van der Waals surface area contributed by atoms with Crippen LogP contribution in [-0.2, 0) is 13.6 Å². The van der Waals surface area contributed by atoms with E-state index in [4.69, 9.17) is 4.89 Å². The minimum atomic E-state index is -3.60. The Hall–Kier alpha value is -0.150. The summed E-state index contributed by atoms with van der Waals surface area (Å²) in [5, 5.41) is 0. The molecule has 2 atom stereocenters. The van der Waals surface area contributed by atoms with Gasteiger partial charge < -0.3 is 4.89 Å². The van der Waals surface area contributed by atoms with E-state index in [-0.39, 0.29) is 12.7 Å². The molecule has 1 aliphatic heterocycles. The Morgan fingerprint density at radius 3 is 2.30 bits per heavy atom. The number of hydrogen-bond acceptors (Lipinski definition) is 3. The van der Waals surface area contributed by atoms with E-state index in [0.29, 0.717) is 0 Å². The van der Waals surface area contributed by atoms with Gasteiger partial charge >= 0.3 is 7.82 Å². The molecule has 0 bridgehead atoms. The third-order valence-electron chi connectivity index (χ3n) is 0.786. The van der Waals surface area contributed by atoms with Crippen molar-refractivity contribution in [2.45, 2.75) is 13.0 Å². The number of phosphoric ester groups is 1. The first-order chi connectivity index (χ1) is 4.60. The lowest BCUT2D eigenvalue weighted by Gasteiger charge is -1.97. The monoisotopic (exact) mass is 166 g/mol. The Morgan fingerprint density at radius 2 is 2.20 bits per heavy atom. The maximum atomic E-state index is 10.3. The van der Waals surface area contributed by atoms with Crippen molar-refractivity contribution in [2.24, 2.45) is 0 Å². The molecule has 60 valence electrons. The van der Waals surface area contributed by atoms with Gasteiger partial charge in [-0.3, -0.25) is 9.05 Å². The molecule has 4 nitrogen and oxygen atoms in total. The van der Waals surface area contributed by atoms with Gasteiger partial charge in [0.15, 0.2) is 0 Å². The second-order valence-corrected chi connectivity index (χ2v) is 3.09. The molecule has 1 heterocycles. The summed E-state index contributed by atoms with van der Waals surface area (Å²) in [5.74, 6) is 0. The zero-order chi connectivity index (χ0) is 8.20. The van der Waals surface area contributed by atoms with Crippen LogP contribution in [0, 0.1) is 0 Å². The summed E-state index contributed by atoms with van der Waals surface area (Å²) in [4.78, 5) is 8.48. The molecule has 1 N–H and O–H groups in total. The van der Waals surface area contributed by atoms with E-state index in [0.717, 1.165) is 0 Å². The fourth-order valence-corrected chi connectivity index (χ4v) is 1.46. The lowest BCUT2D eigenvalue weighted by atomic mass is 10.5. The molecular weight excluding hydrogens is 155 g/mol. The van der Waals surface area contributed by atoms with Crippen LogP contribution in [0.25, 0.3) is 0 Å². The van der Waals surface area contributed by atoms with Gasteiger partial charge in [0.25, 0.3) is 0 Å². The fourth-order valence-electron chi connectivity index (χ4n) is 0.487. The van der Waals surface area contributed by atoms with E-state index in [9.17, 15) is 4.57 Å². The SMILES string of the molecule is C=C.CC1COP(=O)(O)O1. The Labute approximate surface area is 60.1 Å². The van der Waals surface area contributed by atoms with Crippen molar-refractivity contribution in [3.63, 3.8) is 0 Å². The summed E-state index contributed by atoms with van der Waals surface area (Å²) < 4.78 is 19.1. The van der Waals surface area contributed by atoms with Gasteiger partial charge in [-0.25, -0.2) is 4.57 Å². The van der Waals surface area contributed by atoms with E-state index < -0.39 is 7.82 Å². The van der Waals surface area contributed by atoms with Crippen molar-refractivity contribution in [2.75, 3.05) is 6.61 Å². The van der Waals surface area contributed by atoms with E-state index in [2.05, 4.69) is 22.2 Å². The fraction of sp³-hybridized carbons (Fsp3) is 0.600. The van der Waals surface area contributed by atoms with Crippen molar-refractivity contribution in [3.05, 3.63) is 13.2 Å². The predicted molar refractivity (Wildman–Crippen MR) is 37.6 cm³/mol. The van der Waals surface area contributed by atoms with Gasteiger partial charge in [-0.1, -0.05) is 0 Å². The molecule has 0 aliphatic carbocycles. The molecule has 1 fully saturated rings. The Bertz CT molecular complexity index is 147. The highest BCUT2D eigenvalue weighted by molar-refractivity contribution is 7.47. The van der Waals surface area contributed by atoms with Gasteiger partial charge in [-0.05, 0) is 6.92 Å². The molecule has 0 spiro atoms. The maximum absolute atomic E-state index is 10.3. The molecule has 0 aromatic carbocycles. The summed E-state index contributed by atoms with van der Waals surface area (Å²) in [5.41, 5.74) is 0. The summed E-state index contributed by atoms with van der Waals surface area (Å²) >= 11 is 0. The van der Waals surface area contributed by atoms with Gasteiger partial charge in [0.2, 0.25) is 0 Å². The minimum Gasteiger partial charge on any atom is -0.302 e. The highest BCUT2D eigenvalue weighted by atomic mass is 31.2. The van der Waals surface area contributed by atoms with Gasteiger partial charge in [0, 0.05) is 0 Å². The van der Waals surface area contributed by atoms with Crippen LogP contribution in [0.1, 0.15) is 6.92 Å². The zero-order valence-electron chi connectivity index (χ0n) is 5.82. The molecule has 1 aliphatic rings. The molecule has 10 heavy (non-hydrogen) atoms. The Kier molecular flexibility index (Phi) is 3.83. The van der Waals surface area contributed by atoms with Gasteiger partial charge in [-0.2, -0.15) is 0 Å². The summed E-state index contributed by atoms with van der Waals surface area (Å²) in [6.45, 7) is 7.89. The summed E-state index contributed by atoms with van der Waals surface area (Å²) in [6.07, 6.45) is -0.245. The van der Waals surface area contributed by atoms with Gasteiger partial charge in [0.1, 0.15) is 0 Å². The van der Waals surface area contributed by atoms with E-state index >= 15 is 0 Å². The van der Waals surface area contributed by atoms with Crippen molar-refractivity contribution in [1.82, 2.24) is 0 Å². The van der Waals surface area contributed by atoms with E-state index in [1.165, 1.54) is 0 Å². The lowest BCUT2D eigenvalue weighted by molar-refractivity contribution is 0.230. The molecular formula is C5H11O4P. The smallest absolute Gasteiger partial charge is 0.302 e. The molecule has 2 unspecified atom stereocenters. The van der Waals surface area contributed by atoms with Crippen molar-refractivity contribution in [1.29, 1.82) is 0 Å². The number of hydrogen-bond donors (Lipinski definition) is 1. The standard InChI is InChI=1S/C3H7O4P.C2H4/c1-3-2-6-8(4,5)7-3;1-2/h3H,2H2,1H3,(H,4,5);1-2H2. The van der Waals surface area contributed by atoms with Crippen LogP contribution in [0.15, 0.2) is 13.2 Å². The molecule has 0 radical (unpaired) electrons. The predicted octanol–water partition coefficient (Wildman–Crippen LogP) is 1.32. The Morgan fingerprint density at radius 1 is 1.70 bits per heavy atom. The zero-order valence-corrected chi connectivity index (χ0v) is 6.71. The first kappa shape index (κ1) is 9.85. The van der Waals surface area contributed by atoms with Crippen molar-refractivity contribution < 1.29 is 18.5 Å². The van der Waals surface area contributed by atoms with Gasteiger partial charge in [0.05, 0.1) is 12.7 Å². The van der Waals surface area contributed by atoms with Crippen molar-refractivity contribution >= 4 is 7.82 Å². The molecule has 5 heteroatoms. The lowest BCUT2D eigenvalue weighted by Crippen LogP contribution is -1.99. The maximum Gasteiger partial charge on any atom is 0.472 e. The molecule has 0 aromatic heterocycles. The van der Waals surface area contributed by atoms with Gasteiger partial charge in [-0.15, -0.1) is 13.2 Å². The van der Waals surface area contributed by atoms with Crippen LogP contribution in [0.5, 0.6) is 0 Å². The van der Waals surface area contributed by atoms with Crippen LogP contribution in [-0.4, -0.2) is 17.6 Å². The summed E-state index contributed by atoms with van der Waals surface area (Å²) in [6, 6.07) is 0. The van der Waals surface area contributed by atoms with Crippen LogP contribution < -0.4 is 0 Å². The number of rotatable bonds is 0. The quantitative estimate of drug-likeness (QED) is 0.435. The second kappa shape index (κ2) is 3.88. The largest absolute Gasteiger partial charge is 0.472 e. The number of phosphoric acid groups is 1. The normalized spacial score (nSPS) is 38.4. The molecule has 1 rings (SSSR count). The molecule has 1 saturated heterocycles. The van der Waals surface area contributed by atoms with Crippen LogP contribution in [0.2, 0.25) is 0 Å². The van der Waals surface area contributed by atoms with E-state index in [1.54, 1.807) is 6.92 Å². The Balaban J connectivity index is 0.000000371. The van der Waals surface area contributed by atoms with Crippen LogP contribution in [0.4, 0.5) is 0 Å². The topological polar surface area (TPSA) is 55.8 Å². The third-order valence-corrected chi connectivity index (χ3v) is 1.89. The first-order valence-corrected chi connectivity index (χ1v) is 4.25. The molecule has 0 saturated carbocycles. The summed E-state index contributed by atoms with van der Waals surface area (Å²) in [7, 11) is -3.60. The van der Waals surface area contributed by atoms with Crippen LogP contribution >= 0.6 is 7.82 Å². The first-order valence-electron chi connectivity index (χ1n) is 2.76. The molecule has 0 amide bonds.